The molecule has 0 radical (unpaired) electrons. The number of hydrogen-bond acceptors (Lipinski definition) is 4. The maximum atomic E-state index is 12.5. The molecule has 6 nitrogen and oxygen atoms in total. The van der Waals surface area contributed by atoms with Crippen molar-refractivity contribution in [2.75, 3.05) is 5.32 Å². The molecule has 0 atom stereocenters. The van der Waals surface area contributed by atoms with E-state index in [9.17, 15) is 18.0 Å². The number of hydrogen-bond donors (Lipinski definition) is 2. The molecule has 26 heavy (non-hydrogen) atoms. The third-order valence-corrected chi connectivity index (χ3v) is 5.40. The summed E-state index contributed by atoms with van der Waals surface area (Å²) in [4.78, 5) is 23.9. The predicted molar refractivity (Wildman–Crippen MR) is 101 cm³/mol. The number of amides is 1. The van der Waals surface area contributed by atoms with Gasteiger partial charge >= 0.3 is 0 Å². The maximum Gasteiger partial charge on any atom is 0.257 e. The summed E-state index contributed by atoms with van der Waals surface area (Å²) >= 11 is 6.06. The fraction of sp³-hybridized carbons (Fsp3) is 0.222. The van der Waals surface area contributed by atoms with Gasteiger partial charge in [0, 0.05) is 17.3 Å². The maximum absolute atomic E-state index is 12.5. The van der Waals surface area contributed by atoms with E-state index in [1.54, 1.807) is 32.0 Å². The summed E-state index contributed by atoms with van der Waals surface area (Å²) in [5, 5.41) is 2.74. The van der Waals surface area contributed by atoms with Crippen LogP contribution in [0.15, 0.2) is 47.4 Å². The zero-order valence-corrected chi connectivity index (χ0v) is 16.1. The van der Waals surface area contributed by atoms with Gasteiger partial charge in [-0.1, -0.05) is 23.7 Å². The second-order valence-corrected chi connectivity index (χ2v) is 8.13. The smallest absolute Gasteiger partial charge is 0.257 e. The Bertz CT molecular complexity index is 955. The first kappa shape index (κ1) is 20.1. The van der Waals surface area contributed by atoms with Crippen molar-refractivity contribution in [2.24, 2.45) is 0 Å². The van der Waals surface area contributed by atoms with E-state index in [4.69, 9.17) is 11.6 Å². The molecule has 138 valence electrons. The molecule has 2 aromatic carbocycles. The molecule has 0 aromatic heterocycles. The molecule has 0 unspecified atom stereocenters. The Morgan fingerprint density at radius 1 is 1.08 bits per heavy atom. The van der Waals surface area contributed by atoms with Gasteiger partial charge in [0.05, 0.1) is 15.5 Å². The standard InChI is InChI=1S/C18H19ClN2O4S/c1-11(2)21-26(24,25)15-7-8-17(19)16(10-15)18(23)20-14-6-4-5-13(9-14)12(3)22/h4-11,21H,1-3H3,(H,20,23). The zero-order valence-electron chi connectivity index (χ0n) is 14.5. The van der Waals surface area contributed by atoms with Crippen molar-refractivity contribution < 1.29 is 18.0 Å². The average molecular weight is 395 g/mol. The number of Topliss-reactive ketones (excluding diaryl/α,β-unsaturated/α-hetero) is 1. The van der Waals surface area contributed by atoms with E-state index >= 15 is 0 Å². The van der Waals surface area contributed by atoms with E-state index in [0.29, 0.717) is 11.3 Å². The van der Waals surface area contributed by atoms with Gasteiger partial charge in [0.2, 0.25) is 10.0 Å². The van der Waals surface area contributed by atoms with Crippen LogP contribution < -0.4 is 10.0 Å². The molecule has 0 aliphatic heterocycles. The molecular formula is C18H19ClN2O4S. The second kappa shape index (κ2) is 7.99. The Labute approximate surface area is 157 Å². The van der Waals surface area contributed by atoms with Crippen molar-refractivity contribution in [2.45, 2.75) is 31.7 Å². The molecule has 0 fully saturated rings. The molecule has 0 saturated heterocycles. The molecular weight excluding hydrogens is 376 g/mol. The number of carbonyl (C=O) groups excluding carboxylic acids is 2. The lowest BCUT2D eigenvalue weighted by Crippen LogP contribution is -2.30. The van der Waals surface area contributed by atoms with E-state index < -0.39 is 15.9 Å². The van der Waals surface area contributed by atoms with Crippen molar-refractivity contribution in [3.8, 4) is 0 Å². The number of sulfonamides is 1. The summed E-state index contributed by atoms with van der Waals surface area (Å²) in [6.07, 6.45) is 0. The molecule has 0 heterocycles. The highest BCUT2D eigenvalue weighted by molar-refractivity contribution is 7.89. The van der Waals surface area contributed by atoms with Gasteiger partial charge < -0.3 is 5.32 Å². The monoisotopic (exact) mass is 394 g/mol. The van der Waals surface area contributed by atoms with Gasteiger partial charge in [0.25, 0.3) is 5.91 Å². The van der Waals surface area contributed by atoms with Crippen molar-refractivity contribution in [3.05, 3.63) is 58.6 Å². The number of ketones is 1. The third-order valence-electron chi connectivity index (χ3n) is 3.41. The van der Waals surface area contributed by atoms with Crippen LogP contribution in [0.5, 0.6) is 0 Å². The minimum absolute atomic E-state index is 0.0199. The summed E-state index contributed by atoms with van der Waals surface area (Å²) in [6, 6.07) is 10.1. The van der Waals surface area contributed by atoms with Crippen LogP contribution in [0.4, 0.5) is 5.69 Å². The molecule has 2 N–H and O–H groups in total. The lowest BCUT2D eigenvalue weighted by Gasteiger charge is -2.12. The SMILES string of the molecule is CC(=O)c1cccc(NC(=O)c2cc(S(=O)(=O)NC(C)C)ccc2Cl)c1. The molecule has 2 aromatic rings. The highest BCUT2D eigenvalue weighted by Gasteiger charge is 2.19. The van der Waals surface area contributed by atoms with Crippen molar-refractivity contribution in [1.29, 1.82) is 0 Å². The Morgan fingerprint density at radius 2 is 1.77 bits per heavy atom. The van der Waals surface area contributed by atoms with E-state index in [-0.39, 0.29) is 27.3 Å². The summed E-state index contributed by atoms with van der Waals surface area (Å²) < 4.78 is 27.0. The molecule has 8 heteroatoms. The first-order chi connectivity index (χ1) is 12.1. The van der Waals surface area contributed by atoms with Crippen LogP contribution in [0.25, 0.3) is 0 Å². The molecule has 0 saturated carbocycles. The molecule has 2 rings (SSSR count). The largest absolute Gasteiger partial charge is 0.322 e. The van der Waals surface area contributed by atoms with Gasteiger partial charge in [-0.3, -0.25) is 9.59 Å². The number of benzene rings is 2. The van der Waals surface area contributed by atoms with Crippen LogP contribution in [0, 0.1) is 0 Å². The van der Waals surface area contributed by atoms with E-state index in [1.807, 2.05) is 0 Å². The first-order valence-corrected chi connectivity index (χ1v) is 9.70. The average Bonchev–Trinajstić information content (AvgIpc) is 2.54. The third kappa shape index (κ3) is 4.91. The highest BCUT2D eigenvalue weighted by Crippen LogP contribution is 2.22. The van der Waals surface area contributed by atoms with Crippen molar-refractivity contribution in [1.82, 2.24) is 4.72 Å². The lowest BCUT2D eigenvalue weighted by atomic mass is 10.1. The van der Waals surface area contributed by atoms with Crippen LogP contribution in [-0.4, -0.2) is 26.2 Å². The number of carbonyl (C=O) groups is 2. The summed E-state index contributed by atoms with van der Waals surface area (Å²) in [5.41, 5.74) is 0.880. The van der Waals surface area contributed by atoms with Crippen LogP contribution in [0.1, 0.15) is 41.5 Å². The van der Waals surface area contributed by atoms with Crippen LogP contribution in [0.2, 0.25) is 5.02 Å². The number of nitrogens with one attached hydrogen (secondary N) is 2. The first-order valence-electron chi connectivity index (χ1n) is 7.84. The molecule has 0 aliphatic carbocycles. The highest BCUT2D eigenvalue weighted by atomic mass is 35.5. The van der Waals surface area contributed by atoms with Crippen LogP contribution in [0.3, 0.4) is 0 Å². The normalized spacial score (nSPS) is 11.4. The quantitative estimate of drug-likeness (QED) is 0.733. The molecule has 1 amide bonds. The van der Waals surface area contributed by atoms with Crippen molar-refractivity contribution >= 4 is 39.0 Å². The van der Waals surface area contributed by atoms with Gasteiger partial charge in [-0.05, 0) is 51.1 Å². The van der Waals surface area contributed by atoms with Crippen LogP contribution in [-0.2, 0) is 10.0 Å². The Morgan fingerprint density at radius 3 is 2.38 bits per heavy atom. The van der Waals surface area contributed by atoms with E-state index in [1.165, 1.54) is 31.2 Å². The lowest BCUT2D eigenvalue weighted by molar-refractivity contribution is 0.101. The molecule has 0 spiro atoms. The fourth-order valence-corrected chi connectivity index (χ4v) is 3.72. The fourth-order valence-electron chi connectivity index (χ4n) is 2.24. The Kier molecular flexibility index (Phi) is 6.17. The zero-order chi connectivity index (χ0) is 19.5. The number of halogens is 1. The topological polar surface area (TPSA) is 92.3 Å². The summed E-state index contributed by atoms with van der Waals surface area (Å²) in [7, 11) is -3.76. The van der Waals surface area contributed by atoms with Crippen LogP contribution >= 0.6 is 11.6 Å². The second-order valence-electron chi connectivity index (χ2n) is 6.01. The van der Waals surface area contributed by atoms with E-state index in [2.05, 4.69) is 10.0 Å². The minimum Gasteiger partial charge on any atom is -0.322 e. The van der Waals surface area contributed by atoms with Gasteiger partial charge in [0.15, 0.2) is 5.78 Å². The van der Waals surface area contributed by atoms with E-state index in [0.717, 1.165) is 0 Å². The van der Waals surface area contributed by atoms with Gasteiger partial charge in [-0.2, -0.15) is 0 Å². The van der Waals surface area contributed by atoms with Gasteiger partial charge in [-0.25, -0.2) is 13.1 Å². The summed E-state index contributed by atoms with van der Waals surface area (Å²) in [6.45, 7) is 4.82. The predicted octanol–water partition coefficient (Wildman–Crippen LogP) is 3.48. The Balaban J connectivity index is 2.33. The van der Waals surface area contributed by atoms with Gasteiger partial charge in [-0.15, -0.1) is 0 Å². The summed E-state index contributed by atoms with van der Waals surface area (Å²) in [5.74, 6) is -0.704. The van der Waals surface area contributed by atoms with Gasteiger partial charge in [0.1, 0.15) is 0 Å². The molecule has 0 aliphatic rings. The Hall–Kier alpha value is -2.22. The number of anilines is 1. The number of rotatable bonds is 6. The minimum atomic E-state index is -3.76. The van der Waals surface area contributed by atoms with Crippen molar-refractivity contribution in [3.63, 3.8) is 0 Å². The molecule has 0 bridgehead atoms.